The van der Waals surface area contributed by atoms with Crippen LogP contribution in [0.25, 0.3) is 51.0 Å². The van der Waals surface area contributed by atoms with Crippen molar-refractivity contribution in [1.29, 1.82) is 0 Å². The molecule has 3 aromatic heterocycles. The zero-order chi connectivity index (χ0) is 21.8. The number of benzene rings is 3. The molecule has 3 heteroatoms. The molecule has 0 spiro atoms. The van der Waals surface area contributed by atoms with E-state index in [0.717, 1.165) is 28.5 Å². The Morgan fingerprint density at radius 1 is 0.727 bits per heavy atom. The Morgan fingerprint density at radius 3 is 2.42 bits per heavy atom. The molecule has 0 saturated carbocycles. The lowest BCUT2D eigenvalue weighted by atomic mass is 9.90. The largest absolute Gasteiger partial charge is 0.454 e. The molecule has 0 aliphatic heterocycles. The normalized spacial score (nSPS) is 12.6. The molecular weight excluding hydrogens is 404 g/mol. The third kappa shape index (κ3) is 2.86. The Balaban J connectivity index is 1.43. The summed E-state index contributed by atoms with van der Waals surface area (Å²) in [5.41, 5.74) is 11.5. The van der Waals surface area contributed by atoms with Gasteiger partial charge in [0.2, 0.25) is 0 Å². The zero-order valence-corrected chi connectivity index (χ0v) is 17.9. The summed E-state index contributed by atoms with van der Waals surface area (Å²) in [6.45, 7) is 0. The van der Waals surface area contributed by atoms with Gasteiger partial charge in [-0.2, -0.15) is 0 Å². The number of pyridine rings is 1. The van der Waals surface area contributed by atoms with E-state index in [9.17, 15) is 0 Å². The van der Waals surface area contributed by atoms with Gasteiger partial charge >= 0.3 is 0 Å². The molecule has 156 valence electrons. The highest BCUT2D eigenvalue weighted by atomic mass is 16.3. The predicted octanol–water partition coefficient (Wildman–Crippen LogP) is 7.51. The Hall–Kier alpha value is -4.37. The molecule has 1 aliphatic rings. The Labute approximate surface area is 191 Å². The van der Waals surface area contributed by atoms with E-state index in [-0.39, 0.29) is 0 Å². The highest BCUT2D eigenvalue weighted by molar-refractivity contribution is 6.04. The average Bonchev–Trinajstić information content (AvgIpc) is 3.47. The van der Waals surface area contributed by atoms with Gasteiger partial charge in [-0.05, 0) is 75.8 Å². The molecule has 3 heterocycles. The van der Waals surface area contributed by atoms with E-state index >= 15 is 0 Å². The van der Waals surface area contributed by atoms with Crippen LogP contribution in [0.2, 0.25) is 0 Å². The van der Waals surface area contributed by atoms with Gasteiger partial charge in [0.25, 0.3) is 0 Å². The standard InChI is InChI=1S/C30H20N2O/c1-2-17-32(16-1)27-9-4-7-21-12-11-20-6-3-8-23(24(20)19-25(21)27)22-13-14-28-26(18-22)30-29(33-28)10-5-15-31-30/h1-18H,19H2. The van der Waals surface area contributed by atoms with Crippen molar-refractivity contribution in [3.05, 3.63) is 120 Å². The van der Waals surface area contributed by atoms with Crippen LogP contribution in [-0.4, -0.2) is 9.55 Å². The topological polar surface area (TPSA) is 31.0 Å². The Morgan fingerprint density at radius 2 is 1.55 bits per heavy atom. The van der Waals surface area contributed by atoms with Crippen LogP contribution in [0.1, 0.15) is 22.3 Å². The summed E-state index contributed by atoms with van der Waals surface area (Å²) in [6, 6.07) is 27.6. The molecule has 6 aromatic rings. The minimum absolute atomic E-state index is 0.824. The van der Waals surface area contributed by atoms with Crippen LogP contribution in [0.3, 0.4) is 0 Å². The fraction of sp³-hybridized carbons (Fsp3) is 0.0333. The van der Waals surface area contributed by atoms with Crippen molar-refractivity contribution in [3.8, 4) is 16.8 Å². The molecule has 0 atom stereocenters. The van der Waals surface area contributed by atoms with Gasteiger partial charge in [0, 0.05) is 36.1 Å². The number of fused-ring (bicyclic) bond motifs is 5. The van der Waals surface area contributed by atoms with Crippen molar-refractivity contribution in [2.45, 2.75) is 6.42 Å². The second kappa shape index (κ2) is 7.07. The lowest BCUT2D eigenvalue weighted by Crippen LogP contribution is -2.02. The summed E-state index contributed by atoms with van der Waals surface area (Å²) in [7, 11) is 0. The van der Waals surface area contributed by atoms with Crippen molar-refractivity contribution in [1.82, 2.24) is 9.55 Å². The van der Waals surface area contributed by atoms with Crippen LogP contribution < -0.4 is 0 Å². The van der Waals surface area contributed by atoms with Crippen molar-refractivity contribution >= 4 is 34.2 Å². The van der Waals surface area contributed by atoms with Crippen molar-refractivity contribution < 1.29 is 4.42 Å². The number of hydrogen-bond acceptors (Lipinski definition) is 2. The molecule has 1 aliphatic carbocycles. The summed E-state index contributed by atoms with van der Waals surface area (Å²) >= 11 is 0. The van der Waals surface area contributed by atoms with E-state index in [1.54, 1.807) is 0 Å². The lowest BCUT2D eigenvalue weighted by molar-refractivity contribution is 0.668. The number of hydrogen-bond donors (Lipinski definition) is 0. The van der Waals surface area contributed by atoms with Crippen LogP contribution in [0.4, 0.5) is 0 Å². The molecule has 0 radical (unpaired) electrons. The maximum atomic E-state index is 6.00. The second-order valence-electron chi connectivity index (χ2n) is 8.48. The van der Waals surface area contributed by atoms with E-state index in [0.29, 0.717) is 0 Å². The molecule has 3 aromatic carbocycles. The molecule has 0 amide bonds. The Bertz CT molecular complexity index is 1690. The molecule has 0 saturated heterocycles. The third-order valence-electron chi connectivity index (χ3n) is 6.61. The molecule has 7 rings (SSSR count). The fourth-order valence-corrected chi connectivity index (χ4v) is 5.03. The monoisotopic (exact) mass is 424 g/mol. The number of aromatic nitrogens is 2. The van der Waals surface area contributed by atoms with Gasteiger partial charge in [-0.3, -0.25) is 4.98 Å². The highest BCUT2D eigenvalue weighted by Crippen LogP contribution is 2.37. The number of rotatable bonds is 2. The van der Waals surface area contributed by atoms with Crippen molar-refractivity contribution in [3.63, 3.8) is 0 Å². The predicted molar refractivity (Wildman–Crippen MR) is 134 cm³/mol. The number of nitrogens with zero attached hydrogens (tertiary/aromatic N) is 2. The second-order valence-corrected chi connectivity index (χ2v) is 8.48. The smallest absolute Gasteiger partial charge is 0.153 e. The quantitative estimate of drug-likeness (QED) is 0.287. The molecule has 3 nitrogen and oxygen atoms in total. The average molecular weight is 425 g/mol. The summed E-state index contributed by atoms with van der Waals surface area (Å²) < 4.78 is 8.21. The van der Waals surface area contributed by atoms with Gasteiger partial charge < -0.3 is 8.98 Å². The molecular formula is C30H20N2O. The van der Waals surface area contributed by atoms with Gasteiger partial charge in [-0.1, -0.05) is 48.6 Å². The van der Waals surface area contributed by atoms with Gasteiger partial charge in [-0.25, -0.2) is 0 Å². The maximum absolute atomic E-state index is 6.00. The van der Waals surface area contributed by atoms with Gasteiger partial charge in [-0.15, -0.1) is 0 Å². The SMILES string of the molecule is C1=Cc2cccc(-n3cccc3)c2Cc2c1cccc2-c1ccc2oc3cccnc3c2c1. The fourth-order valence-electron chi connectivity index (χ4n) is 5.03. The van der Waals surface area contributed by atoms with E-state index < -0.39 is 0 Å². The highest BCUT2D eigenvalue weighted by Gasteiger charge is 2.18. The third-order valence-corrected chi connectivity index (χ3v) is 6.61. The first-order chi connectivity index (χ1) is 16.3. The van der Waals surface area contributed by atoms with Crippen LogP contribution in [-0.2, 0) is 6.42 Å². The lowest BCUT2D eigenvalue weighted by Gasteiger charge is -2.16. The van der Waals surface area contributed by atoms with Gasteiger partial charge in [0.1, 0.15) is 11.1 Å². The maximum Gasteiger partial charge on any atom is 0.153 e. The first-order valence-electron chi connectivity index (χ1n) is 11.2. The van der Waals surface area contributed by atoms with Crippen LogP contribution in [0.15, 0.2) is 102 Å². The first kappa shape index (κ1) is 18.2. The summed E-state index contributed by atoms with van der Waals surface area (Å²) in [4.78, 5) is 4.57. The summed E-state index contributed by atoms with van der Waals surface area (Å²) in [6.07, 6.45) is 11.4. The molecule has 0 unspecified atom stereocenters. The van der Waals surface area contributed by atoms with E-state index in [2.05, 4.69) is 101 Å². The van der Waals surface area contributed by atoms with Crippen LogP contribution in [0, 0.1) is 0 Å². The van der Waals surface area contributed by atoms with Crippen LogP contribution >= 0.6 is 0 Å². The van der Waals surface area contributed by atoms with E-state index in [1.165, 1.54) is 39.1 Å². The minimum atomic E-state index is 0.824. The van der Waals surface area contributed by atoms with Crippen molar-refractivity contribution in [2.75, 3.05) is 0 Å². The van der Waals surface area contributed by atoms with Gasteiger partial charge in [0.05, 0.1) is 0 Å². The van der Waals surface area contributed by atoms with Crippen LogP contribution in [0.5, 0.6) is 0 Å². The Kier molecular flexibility index (Phi) is 3.91. The van der Waals surface area contributed by atoms with E-state index in [1.807, 2.05) is 18.3 Å². The number of furan rings is 1. The minimum Gasteiger partial charge on any atom is -0.454 e. The first-order valence-corrected chi connectivity index (χ1v) is 11.2. The van der Waals surface area contributed by atoms with Gasteiger partial charge in [0.15, 0.2) is 5.58 Å². The molecule has 33 heavy (non-hydrogen) atoms. The molecule has 0 N–H and O–H groups in total. The molecule has 0 fully saturated rings. The molecule has 0 bridgehead atoms. The zero-order valence-electron chi connectivity index (χ0n) is 17.9. The summed E-state index contributed by atoms with van der Waals surface area (Å²) in [5.74, 6) is 0. The van der Waals surface area contributed by atoms with Crippen molar-refractivity contribution in [2.24, 2.45) is 0 Å². The summed E-state index contributed by atoms with van der Waals surface area (Å²) in [5, 5.41) is 1.05. The van der Waals surface area contributed by atoms with E-state index in [4.69, 9.17) is 4.42 Å².